The Balaban J connectivity index is 1.67. The number of benzene rings is 3. The zero-order valence-electron chi connectivity index (χ0n) is 19.2. The van der Waals surface area contributed by atoms with Crippen molar-refractivity contribution in [3.8, 4) is 5.75 Å². The van der Waals surface area contributed by atoms with Crippen molar-refractivity contribution in [2.45, 2.75) is 45.6 Å². The zero-order valence-corrected chi connectivity index (χ0v) is 20.8. The summed E-state index contributed by atoms with van der Waals surface area (Å²) >= 11 is 6.18. The van der Waals surface area contributed by atoms with Crippen LogP contribution in [-0.4, -0.2) is 20.4 Å². The third-order valence-corrected chi connectivity index (χ3v) is 7.14. The summed E-state index contributed by atoms with van der Waals surface area (Å²) in [7, 11) is -3.76. The molecule has 1 amide bonds. The monoisotopic (exact) mass is 486 g/mol. The molecule has 0 fully saturated rings. The van der Waals surface area contributed by atoms with Gasteiger partial charge < -0.3 is 10.1 Å². The number of nitrogens with one attached hydrogen (secondary N) is 2. The van der Waals surface area contributed by atoms with Gasteiger partial charge in [0.1, 0.15) is 5.75 Å². The molecule has 0 spiro atoms. The summed E-state index contributed by atoms with van der Waals surface area (Å²) in [4.78, 5) is 12.6. The third kappa shape index (κ3) is 6.06. The normalized spacial score (nSPS) is 12.2. The molecule has 0 unspecified atom stereocenters. The molecule has 3 aromatic rings. The van der Waals surface area contributed by atoms with E-state index in [-0.39, 0.29) is 10.8 Å². The van der Waals surface area contributed by atoms with Gasteiger partial charge in [-0.05, 0) is 99.3 Å². The molecule has 0 saturated heterocycles. The van der Waals surface area contributed by atoms with Crippen molar-refractivity contribution in [2.75, 3.05) is 10.0 Å². The van der Waals surface area contributed by atoms with Gasteiger partial charge in [0, 0.05) is 10.7 Å². The van der Waals surface area contributed by atoms with Crippen molar-refractivity contribution in [3.63, 3.8) is 0 Å². The number of hydrogen-bond donors (Lipinski definition) is 2. The topological polar surface area (TPSA) is 84.5 Å². The predicted octanol–water partition coefficient (Wildman–Crippen LogP) is 5.78. The number of ether oxygens (including phenoxy) is 1. The molecule has 8 heteroatoms. The Hall–Kier alpha value is -3.03. The fourth-order valence-corrected chi connectivity index (χ4v) is 4.47. The first-order chi connectivity index (χ1) is 15.5. The smallest absolute Gasteiger partial charge is 0.265 e. The molecular weight excluding hydrogens is 460 g/mol. The zero-order chi connectivity index (χ0) is 24.3. The Labute approximate surface area is 200 Å². The second-order valence-corrected chi connectivity index (χ2v) is 10.1. The van der Waals surface area contributed by atoms with Crippen molar-refractivity contribution in [3.05, 3.63) is 81.9 Å². The molecule has 0 aliphatic rings. The van der Waals surface area contributed by atoms with E-state index in [1.807, 2.05) is 39.8 Å². The van der Waals surface area contributed by atoms with Crippen LogP contribution < -0.4 is 14.8 Å². The van der Waals surface area contributed by atoms with Crippen molar-refractivity contribution >= 4 is 38.9 Å². The van der Waals surface area contributed by atoms with Crippen LogP contribution in [-0.2, 0) is 14.8 Å². The van der Waals surface area contributed by atoms with Gasteiger partial charge in [0.2, 0.25) is 0 Å². The summed E-state index contributed by atoms with van der Waals surface area (Å²) in [5, 5.41) is 3.41. The Morgan fingerprint density at radius 1 is 0.909 bits per heavy atom. The summed E-state index contributed by atoms with van der Waals surface area (Å²) < 4.78 is 33.9. The molecule has 6 nitrogen and oxygen atoms in total. The maximum absolute atomic E-state index is 12.8. The minimum absolute atomic E-state index is 0.0952. The maximum atomic E-state index is 12.8. The molecule has 0 aromatic heterocycles. The number of sulfonamides is 1. The summed E-state index contributed by atoms with van der Waals surface area (Å²) in [6.45, 7) is 9.12. The van der Waals surface area contributed by atoms with Crippen molar-refractivity contribution in [2.24, 2.45) is 0 Å². The van der Waals surface area contributed by atoms with Crippen LogP contribution in [0.25, 0.3) is 0 Å². The molecule has 2 N–H and O–H groups in total. The van der Waals surface area contributed by atoms with Crippen molar-refractivity contribution in [1.29, 1.82) is 0 Å². The van der Waals surface area contributed by atoms with Crippen LogP contribution in [0.1, 0.15) is 29.2 Å². The Bertz CT molecular complexity index is 1270. The summed E-state index contributed by atoms with van der Waals surface area (Å²) in [6.07, 6.45) is -0.764. The second-order valence-electron chi connectivity index (χ2n) is 8.07. The largest absolute Gasteiger partial charge is 0.481 e. The molecule has 1 atom stereocenters. The van der Waals surface area contributed by atoms with Crippen LogP contribution in [0.2, 0.25) is 5.02 Å². The van der Waals surface area contributed by atoms with Gasteiger partial charge in [0.05, 0.1) is 10.6 Å². The Morgan fingerprint density at radius 3 is 2.12 bits per heavy atom. The average molecular weight is 487 g/mol. The van der Waals surface area contributed by atoms with E-state index in [2.05, 4.69) is 10.0 Å². The van der Waals surface area contributed by atoms with Crippen LogP contribution in [0.4, 0.5) is 11.4 Å². The van der Waals surface area contributed by atoms with Crippen LogP contribution >= 0.6 is 11.6 Å². The predicted molar refractivity (Wildman–Crippen MR) is 133 cm³/mol. The van der Waals surface area contributed by atoms with Gasteiger partial charge in [0.15, 0.2) is 6.10 Å². The molecule has 0 aliphatic heterocycles. The van der Waals surface area contributed by atoms with Gasteiger partial charge in [-0.3, -0.25) is 9.52 Å². The second kappa shape index (κ2) is 9.85. The minimum Gasteiger partial charge on any atom is -0.481 e. The van der Waals surface area contributed by atoms with E-state index in [9.17, 15) is 13.2 Å². The van der Waals surface area contributed by atoms with Crippen LogP contribution in [0.3, 0.4) is 0 Å². The molecule has 0 aliphatic carbocycles. The highest BCUT2D eigenvalue weighted by molar-refractivity contribution is 7.92. The van der Waals surface area contributed by atoms with E-state index in [4.69, 9.17) is 16.3 Å². The van der Waals surface area contributed by atoms with Crippen molar-refractivity contribution in [1.82, 2.24) is 0 Å². The van der Waals surface area contributed by atoms with Crippen LogP contribution in [0.5, 0.6) is 5.75 Å². The van der Waals surface area contributed by atoms with E-state index in [0.29, 0.717) is 22.1 Å². The van der Waals surface area contributed by atoms with Crippen LogP contribution in [0, 0.1) is 27.7 Å². The molecular formula is C25H27ClN2O4S. The van der Waals surface area contributed by atoms with E-state index in [0.717, 1.165) is 22.3 Å². The molecule has 174 valence electrons. The highest BCUT2D eigenvalue weighted by Gasteiger charge is 2.18. The fourth-order valence-electron chi connectivity index (χ4n) is 3.24. The highest BCUT2D eigenvalue weighted by atomic mass is 35.5. The van der Waals surface area contributed by atoms with Gasteiger partial charge in [0.25, 0.3) is 15.9 Å². The van der Waals surface area contributed by atoms with E-state index >= 15 is 0 Å². The summed E-state index contributed by atoms with van der Waals surface area (Å²) in [6, 6.07) is 15.1. The number of halogens is 1. The average Bonchev–Trinajstić information content (AvgIpc) is 2.74. The molecule has 0 heterocycles. The standard InChI is InChI=1S/C25H27ClN2O4S/c1-15-6-7-16(2)23(12-15)28-33(30,31)22-10-8-20(9-11-22)27-25(29)19(5)32-21-13-17(3)24(26)18(4)14-21/h6-14,19,28H,1-5H3,(H,27,29)/t19-/m1/s1. The van der Waals surface area contributed by atoms with Crippen LogP contribution in [0.15, 0.2) is 59.5 Å². The molecule has 0 bridgehead atoms. The lowest BCUT2D eigenvalue weighted by Crippen LogP contribution is -2.30. The molecule has 33 heavy (non-hydrogen) atoms. The first kappa shape index (κ1) is 24.6. The van der Waals surface area contributed by atoms with Gasteiger partial charge in [-0.25, -0.2) is 8.42 Å². The van der Waals surface area contributed by atoms with E-state index in [1.54, 1.807) is 37.3 Å². The first-order valence-electron chi connectivity index (χ1n) is 10.4. The number of carbonyl (C=O) groups is 1. The number of carbonyl (C=O) groups excluding carboxylic acids is 1. The lowest BCUT2D eigenvalue weighted by atomic mass is 10.1. The van der Waals surface area contributed by atoms with Gasteiger partial charge in [-0.1, -0.05) is 23.7 Å². The molecule has 0 saturated carbocycles. The van der Waals surface area contributed by atoms with E-state index < -0.39 is 16.1 Å². The number of rotatable bonds is 7. The number of anilines is 2. The lowest BCUT2D eigenvalue weighted by molar-refractivity contribution is -0.122. The number of hydrogen-bond acceptors (Lipinski definition) is 4. The minimum atomic E-state index is -3.76. The number of amides is 1. The number of aryl methyl sites for hydroxylation is 4. The lowest BCUT2D eigenvalue weighted by Gasteiger charge is -2.16. The SMILES string of the molecule is Cc1ccc(C)c(NS(=O)(=O)c2ccc(NC(=O)[C@@H](C)Oc3cc(C)c(Cl)c(C)c3)cc2)c1. The highest BCUT2D eigenvalue weighted by Crippen LogP contribution is 2.27. The van der Waals surface area contributed by atoms with Crippen molar-refractivity contribution < 1.29 is 17.9 Å². The first-order valence-corrected chi connectivity index (χ1v) is 12.3. The van der Waals surface area contributed by atoms with Gasteiger partial charge in [-0.2, -0.15) is 0 Å². The molecule has 3 rings (SSSR count). The van der Waals surface area contributed by atoms with Gasteiger partial charge in [-0.15, -0.1) is 0 Å². The Morgan fingerprint density at radius 2 is 1.52 bits per heavy atom. The summed E-state index contributed by atoms with van der Waals surface area (Å²) in [5.41, 5.74) is 4.51. The van der Waals surface area contributed by atoms with E-state index in [1.165, 1.54) is 12.1 Å². The quantitative estimate of drug-likeness (QED) is 0.443. The Kier molecular flexibility index (Phi) is 7.34. The fraction of sp³-hybridized carbons (Fsp3) is 0.240. The third-order valence-electron chi connectivity index (χ3n) is 5.16. The molecule has 3 aromatic carbocycles. The summed E-state index contributed by atoms with van der Waals surface area (Å²) in [5.74, 6) is 0.195. The maximum Gasteiger partial charge on any atom is 0.265 e. The van der Waals surface area contributed by atoms with Gasteiger partial charge >= 0.3 is 0 Å². The molecule has 0 radical (unpaired) electrons.